The number of hydrogen-bond donors (Lipinski definition) is 1. The molecule has 1 aromatic rings. The Morgan fingerprint density at radius 2 is 2.00 bits per heavy atom. The number of halogens is 1. The van der Waals surface area contributed by atoms with Crippen LogP contribution in [0.5, 0.6) is 0 Å². The molecule has 2 nitrogen and oxygen atoms in total. The Morgan fingerprint density at radius 3 is 2.65 bits per heavy atom. The van der Waals surface area contributed by atoms with E-state index in [1.165, 1.54) is 17.5 Å². The van der Waals surface area contributed by atoms with Crippen LogP contribution >= 0.6 is 11.6 Å². The van der Waals surface area contributed by atoms with Crippen LogP contribution in [0.15, 0.2) is 12.1 Å². The van der Waals surface area contributed by atoms with Gasteiger partial charge in [-0.2, -0.15) is 0 Å². The second-order valence-electron chi connectivity index (χ2n) is 4.89. The third-order valence-electron chi connectivity index (χ3n) is 3.59. The zero-order chi connectivity index (χ0) is 12.4. The third-order valence-corrected chi connectivity index (χ3v) is 3.91. The van der Waals surface area contributed by atoms with Gasteiger partial charge in [0.05, 0.1) is 12.1 Å². The summed E-state index contributed by atoms with van der Waals surface area (Å²) in [4.78, 5) is 0. The largest absolute Gasteiger partial charge is 0.376 e. The van der Waals surface area contributed by atoms with E-state index in [2.05, 4.69) is 19.9 Å². The van der Waals surface area contributed by atoms with Crippen molar-refractivity contribution < 1.29 is 4.74 Å². The van der Waals surface area contributed by atoms with Gasteiger partial charge in [-0.15, -0.1) is 0 Å². The number of hydrogen-bond acceptors (Lipinski definition) is 2. The number of aryl methyl sites for hydroxylation is 2. The van der Waals surface area contributed by atoms with Crippen LogP contribution in [0.25, 0.3) is 0 Å². The molecule has 0 spiro atoms. The summed E-state index contributed by atoms with van der Waals surface area (Å²) in [6.45, 7) is 4.97. The van der Waals surface area contributed by atoms with E-state index in [9.17, 15) is 0 Å². The van der Waals surface area contributed by atoms with Crippen molar-refractivity contribution in [2.45, 2.75) is 45.3 Å². The van der Waals surface area contributed by atoms with Crippen LogP contribution in [0.4, 0.5) is 0 Å². The van der Waals surface area contributed by atoms with Crippen molar-refractivity contribution in [1.82, 2.24) is 0 Å². The fourth-order valence-electron chi connectivity index (χ4n) is 2.31. The van der Waals surface area contributed by atoms with Crippen molar-refractivity contribution in [3.8, 4) is 0 Å². The van der Waals surface area contributed by atoms with Crippen LogP contribution in [0.1, 0.15) is 42.0 Å². The summed E-state index contributed by atoms with van der Waals surface area (Å²) < 4.78 is 5.74. The first kappa shape index (κ1) is 12.9. The summed E-state index contributed by atoms with van der Waals surface area (Å²) in [5.41, 5.74) is 9.73. The molecule has 0 aromatic heterocycles. The number of nitrogens with two attached hydrogens (primary N) is 1. The van der Waals surface area contributed by atoms with Crippen molar-refractivity contribution >= 4 is 11.6 Å². The van der Waals surface area contributed by atoms with Crippen molar-refractivity contribution in [2.75, 3.05) is 6.61 Å². The van der Waals surface area contributed by atoms with Crippen LogP contribution in [0, 0.1) is 13.8 Å². The maximum absolute atomic E-state index is 6.28. The van der Waals surface area contributed by atoms with E-state index in [0.717, 1.165) is 30.0 Å². The molecular weight excluding hydrogens is 234 g/mol. The van der Waals surface area contributed by atoms with Crippen LogP contribution in [-0.4, -0.2) is 12.7 Å². The average molecular weight is 254 g/mol. The van der Waals surface area contributed by atoms with E-state index in [0.29, 0.717) is 0 Å². The van der Waals surface area contributed by atoms with Crippen molar-refractivity contribution in [1.29, 1.82) is 0 Å². The molecule has 1 heterocycles. The van der Waals surface area contributed by atoms with Gasteiger partial charge in [0.1, 0.15) is 0 Å². The molecule has 2 unspecified atom stereocenters. The lowest BCUT2D eigenvalue weighted by Crippen LogP contribution is -2.32. The summed E-state index contributed by atoms with van der Waals surface area (Å²) in [6, 6.07) is 3.98. The van der Waals surface area contributed by atoms with E-state index >= 15 is 0 Å². The Kier molecular flexibility index (Phi) is 4.08. The fraction of sp³-hybridized carbons (Fsp3) is 0.571. The molecule has 0 bridgehead atoms. The average Bonchev–Trinajstić information content (AvgIpc) is 2.34. The summed E-state index contributed by atoms with van der Waals surface area (Å²) >= 11 is 6.28. The van der Waals surface area contributed by atoms with Gasteiger partial charge in [-0.05, 0) is 55.9 Å². The first-order chi connectivity index (χ1) is 8.09. The molecular formula is C14H20ClNO. The van der Waals surface area contributed by atoms with Gasteiger partial charge >= 0.3 is 0 Å². The Labute approximate surface area is 108 Å². The highest BCUT2D eigenvalue weighted by atomic mass is 35.5. The summed E-state index contributed by atoms with van der Waals surface area (Å²) in [5.74, 6) is 0. The third kappa shape index (κ3) is 2.82. The van der Waals surface area contributed by atoms with Crippen molar-refractivity contribution in [3.05, 3.63) is 33.8 Å². The second-order valence-corrected chi connectivity index (χ2v) is 5.30. The van der Waals surface area contributed by atoms with Gasteiger partial charge < -0.3 is 10.5 Å². The van der Waals surface area contributed by atoms with Gasteiger partial charge in [0, 0.05) is 11.6 Å². The predicted molar refractivity (Wildman–Crippen MR) is 71.4 cm³/mol. The Balaban J connectivity index is 2.23. The normalized spacial score (nSPS) is 22.5. The van der Waals surface area contributed by atoms with Crippen LogP contribution in [-0.2, 0) is 4.74 Å². The van der Waals surface area contributed by atoms with Gasteiger partial charge in [0.15, 0.2) is 0 Å². The molecule has 1 saturated heterocycles. The van der Waals surface area contributed by atoms with Gasteiger partial charge in [-0.3, -0.25) is 0 Å². The molecule has 0 aliphatic carbocycles. The zero-order valence-electron chi connectivity index (χ0n) is 10.5. The molecule has 0 amide bonds. The Bertz CT molecular complexity index is 399. The number of rotatable bonds is 2. The van der Waals surface area contributed by atoms with E-state index in [-0.39, 0.29) is 12.1 Å². The van der Waals surface area contributed by atoms with Crippen LogP contribution < -0.4 is 5.73 Å². The molecule has 1 aromatic carbocycles. The minimum atomic E-state index is -0.109. The molecule has 94 valence electrons. The zero-order valence-corrected chi connectivity index (χ0v) is 11.3. The minimum Gasteiger partial charge on any atom is -0.376 e. The molecule has 1 aliphatic heterocycles. The maximum atomic E-state index is 6.28. The van der Waals surface area contributed by atoms with Crippen molar-refractivity contribution in [2.24, 2.45) is 5.73 Å². The lowest BCUT2D eigenvalue weighted by molar-refractivity contribution is 0.0000196. The van der Waals surface area contributed by atoms with E-state index < -0.39 is 0 Å². The highest BCUT2D eigenvalue weighted by molar-refractivity contribution is 6.31. The molecule has 0 radical (unpaired) electrons. The molecule has 1 aliphatic rings. The number of ether oxygens (including phenoxy) is 1. The van der Waals surface area contributed by atoms with E-state index in [1.54, 1.807) is 0 Å². The Hall–Kier alpha value is -0.570. The molecule has 2 rings (SSSR count). The molecule has 3 heteroatoms. The molecule has 0 saturated carbocycles. The fourth-order valence-corrected chi connectivity index (χ4v) is 2.65. The number of benzene rings is 1. The summed E-state index contributed by atoms with van der Waals surface area (Å²) in [6.07, 6.45) is 3.48. The minimum absolute atomic E-state index is 0.109. The summed E-state index contributed by atoms with van der Waals surface area (Å²) in [5, 5.41) is 0.759. The van der Waals surface area contributed by atoms with E-state index in [1.807, 2.05) is 6.07 Å². The molecule has 17 heavy (non-hydrogen) atoms. The first-order valence-electron chi connectivity index (χ1n) is 6.23. The van der Waals surface area contributed by atoms with E-state index in [4.69, 9.17) is 22.1 Å². The van der Waals surface area contributed by atoms with Gasteiger partial charge in [0.25, 0.3) is 0 Å². The van der Waals surface area contributed by atoms with Crippen LogP contribution in [0.3, 0.4) is 0 Å². The Morgan fingerprint density at radius 1 is 1.29 bits per heavy atom. The quantitative estimate of drug-likeness (QED) is 0.875. The predicted octanol–water partition coefficient (Wildman–Crippen LogP) is 3.53. The monoisotopic (exact) mass is 253 g/mol. The first-order valence-corrected chi connectivity index (χ1v) is 6.61. The lowest BCUT2D eigenvalue weighted by Gasteiger charge is -2.29. The lowest BCUT2D eigenvalue weighted by atomic mass is 9.94. The van der Waals surface area contributed by atoms with Crippen LogP contribution in [0.2, 0.25) is 5.02 Å². The highest BCUT2D eigenvalue weighted by Crippen LogP contribution is 2.31. The maximum Gasteiger partial charge on any atom is 0.0768 e. The molecule has 2 atom stereocenters. The standard InChI is InChI=1S/C14H20ClNO/c1-9-7-11(12(15)8-10(9)2)14(16)13-5-3-4-6-17-13/h7-8,13-14H,3-6,16H2,1-2H3. The molecule has 2 N–H and O–H groups in total. The SMILES string of the molecule is Cc1cc(Cl)c(C(N)C2CCCCO2)cc1C. The molecule has 1 fully saturated rings. The highest BCUT2D eigenvalue weighted by Gasteiger charge is 2.24. The van der Waals surface area contributed by atoms with Crippen molar-refractivity contribution in [3.63, 3.8) is 0 Å². The smallest absolute Gasteiger partial charge is 0.0768 e. The van der Waals surface area contributed by atoms with Gasteiger partial charge in [-0.1, -0.05) is 17.7 Å². The second kappa shape index (κ2) is 5.38. The van der Waals surface area contributed by atoms with Gasteiger partial charge in [0.2, 0.25) is 0 Å². The topological polar surface area (TPSA) is 35.2 Å². The summed E-state index contributed by atoms with van der Waals surface area (Å²) in [7, 11) is 0. The van der Waals surface area contributed by atoms with Gasteiger partial charge in [-0.25, -0.2) is 0 Å².